The van der Waals surface area contributed by atoms with E-state index in [1.54, 1.807) is 24.3 Å². The Labute approximate surface area is 177 Å². The van der Waals surface area contributed by atoms with Crippen LogP contribution in [-0.2, 0) is 25.5 Å². The Morgan fingerprint density at radius 3 is 2.20 bits per heavy atom. The summed E-state index contributed by atoms with van der Waals surface area (Å²) in [5.74, 6) is -0.291. The molecule has 0 aliphatic carbocycles. The highest BCUT2D eigenvalue weighted by Crippen LogP contribution is 2.23. The fraction of sp³-hybridized carbons (Fsp3) is 0.591. The molecular weight excluding hydrogens is 386 g/mol. The Bertz CT molecular complexity index is 733. The summed E-state index contributed by atoms with van der Waals surface area (Å²) in [5, 5.41) is 17.6. The largest absolute Gasteiger partial charge is 0.508 e. The minimum absolute atomic E-state index is 0.191. The van der Waals surface area contributed by atoms with Gasteiger partial charge in [0.1, 0.15) is 11.8 Å². The van der Waals surface area contributed by atoms with Crippen LogP contribution in [0, 0.1) is 11.8 Å². The van der Waals surface area contributed by atoms with Crippen molar-refractivity contribution >= 4 is 17.7 Å². The van der Waals surface area contributed by atoms with Crippen molar-refractivity contribution < 1.29 is 24.2 Å². The van der Waals surface area contributed by atoms with Gasteiger partial charge in [0.15, 0.2) is 12.2 Å². The zero-order chi connectivity index (χ0) is 22.3. The maximum atomic E-state index is 12.5. The van der Waals surface area contributed by atoms with Gasteiger partial charge in [0.2, 0.25) is 5.91 Å². The number of rotatable bonds is 11. The number of carbonyl (C=O) groups excluding carboxylic acids is 3. The van der Waals surface area contributed by atoms with Gasteiger partial charge in [0.25, 0.3) is 11.8 Å². The SMILES string of the molecule is CC(C)CNC(=O)[C@H](CC(C)C)NC(=O)[C@H]1O[C@@H]1C(=O)NCCc1ccc(O)cc1. The molecule has 8 heteroatoms. The monoisotopic (exact) mass is 419 g/mol. The Hall–Kier alpha value is -2.61. The Balaban J connectivity index is 1.78. The van der Waals surface area contributed by atoms with Gasteiger partial charge in [-0.1, -0.05) is 39.8 Å². The Kier molecular flexibility index (Phi) is 8.65. The predicted molar refractivity (Wildman–Crippen MR) is 113 cm³/mol. The van der Waals surface area contributed by atoms with Crippen LogP contribution < -0.4 is 16.0 Å². The predicted octanol–water partition coefficient (Wildman–Crippen LogP) is 1.12. The van der Waals surface area contributed by atoms with Crippen LogP contribution in [0.4, 0.5) is 0 Å². The van der Waals surface area contributed by atoms with E-state index >= 15 is 0 Å². The van der Waals surface area contributed by atoms with Gasteiger partial charge in [0, 0.05) is 13.1 Å². The second kappa shape index (κ2) is 11.0. The molecule has 3 amide bonds. The van der Waals surface area contributed by atoms with Crippen molar-refractivity contribution in [2.75, 3.05) is 13.1 Å². The van der Waals surface area contributed by atoms with Crippen LogP contribution >= 0.6 is 0 Å². The average Bonchev–Trinajstić information content (AvgIpc) is 3.47. The van der Waals surface area contributed by atoms with Gasteiger partial charge in [-0.2, -0.15) is 0 Å². The Morgan fingerprint density at radius 2 is 1.60 bits per heavy atom. The molecule has 1 aromatic carbocycles. The highest BCUT2D eigenvalue weighted by molar-refractivity contribution is 5.97. The van der Waals surface area contributed by atoms with Gasteiger partial charge < -0.3 is 25.8 Å². The van der Waals surface area contributed by atoms with Crippen molar-refractivity contribution in [1.29, 1.82) is 0 Å². The molecule has 30 heavy (non-hydrogen) atoms. The number of ether oxygens (including phenoxy) is 1. The molecular formula is C22H33N3O5. The normalized spacial score (nSPS) is 18.7. The molecule has 0 unspecified atom stereocenters. The van der Waals surface area contributed by atoms with Crippen LogP contribution in [0.25, 0.3) is 0 Å². The molecule has 166 valence electrons. The van der Waals surface area contributed by atoms with Crippen molar-refractivity contribution in [2.24, 2.45) is 11.8 Å². The molecule has 0 radical (unpaired) electrons. The lowest BCUT2D eigenvalue weighted by Crippen LogP contribution is -2.49. The first kappa shape index (κ1) is 23.7. The second-order valence-electron chi connectivity index (χ2n) is 8.51. The van der Waals surface area contributed by atoms with Crippen LogP contribution in [0.15, 0.2) is 24.3 Å². The summed E-state index contributed by atoms with van der Waals surface area (Å²) in [5.41, 5.74) is 0.975. The molecule has 2 rings (SSSR count). The van der Waals surface area contributed by atoms with Crippen molar-refractivity contribution in [3.63, 3.8) is 0 Å². The molecule has 0 bridgehead atoms. The maximum Gasteiger partial charge on any atom is 0.253 e. The van der Waals surface area contributed by atoms with E-state index in [9.17, 15) is 19.5 Å². The zero-order valence-corrected chi connectivity index (χ0v) is 18.1. The van der Waals surface area contributed by atoms with Gasteiger partial charge in [-0.25, -0.2) is 0 Å². The number of hydrogen-bond acceptors (Lipinski definition) is 5. The molecule has 1 aromatic rings. The number of aromatic hydroxyl groups is 1. The fourth-order valence-corrected chi connectivity index (χ4v) is 2.99. The lowest BCUT2D eigenvalue weighted by atomic mass is 10.0. The minimum Gasteiger partial charge on any atom is -0.508 e. The van der Waals surface area contributed by atoms with Crippen molar-refractivity contribution in [3.8, 4) is 5.75 Å². The summed E-state index contributed by atoms with van der Waals surface area (Å²) in [7, 11) is 0. The van der Waals surface area contributed by atoms with E-state index in [0.717, 1.165) is 5.56 Å². The summed E-state index contributed by atoms with van der Waals surface area (Å²) in [6.07, 6.45) is -0.594. The van der Waals surface area contributed by atoms with Crippen LogP contribution in [0.3, 0.4) is 0 Å². The third-order valence-corrected chi connectivity index (χ3v) is 4.68. The smallest absolute Gasteiger partial charge is 0.253 e. The first-order valence-corrected chi connectivity index (χ1v) is 10.5. The maximum absolute atomic E-state index is 12.5. The van der Waals surface area contributed by atoms with Crippen LogP contribution in [0.1, 0.15) is 39.7 Å². The molecule has 0 saturated carbocycles. The fourth-order valence-electron chi connectivity index (χ4n) is 2.99. The first-order chi connectivity index (χ1) is 14.2. The average molecular weight is 420 g/mol. The molecule has 4 N–H and O–H groups in total. The van der Waals surface area contributed by atoms with Gasteiger partial charge in [-0.15, -0.1) is 0 Å². The minimum atomic E-state index is -0.869. The van der Waals surface area contributed by atoms with Crippen LogP contribution in [0.5, 0.6) is 5.75 Å². The number of amides is 3. The summed E-state index contributed by atoms with van der Waals surface area (Å²) < 4.78 is 5.25. The molecule has 1 fully saturated rings. The van der Waals surface area contributed by atoms with E-state index in [1.165, 1.54) is 0 Å². The standard InChI is InChI=1S/C22H33N3O5/c1-13(2)11-17(20(27)24-12-14(3)4)25-22(29)19-18(30-19)21(28)23-10-9-15-5-7-16(26)8-6-15/h5-8,13-14,17-19,26H,9-12H2,1-4H3,(H,23,28)(H,24,27)(H,25,29)/t17-,18-,19-/m0/s1. The molecule has 1 aliphatic heterocycles. The van der Waals surface area contributed by atoms with Crippen LogP contribution in [-0.4, -0.2) is 54.2 Å². The topological polar surface area (TPSA) is 120 Å². The van der Waals surface area contributed by atoms with Crippen molar-refractivity contribution in [1.82, 2.24) is 16.0 Å². The summed E-state index contributed by atoms with van der Waals surface area (Å²) in [6, 6.07) is 6.09. The molecule has 1 saturated heterocycles. The zero-order valence-electron chi connectivity index (χ0n) is 18.1. The summed E-state index contributed by atoms with van der Waals surface area (Å²) in [4.78, 5) is 37.1. The number of benzene rings is 1. The van der Waals surface area contributed by atoms with Gasteiger partial charge in [0.05, 0.1) is 0 Å². The van der Waals surface area contributed by atoms with Crippen molar-refractivity contribution in [3.05, 3.63) is 29.8 Å². The first-order valence-electron chi connectivity index (χ1n) is 10.5. The number of epoxide rings is 1. The highest BCUT2D eigenvalue weighted by atomic mass is 16.6. The third kappa shape index (κ3) is 7.67. The van der Waals surface area contributed by atoms with Gasteiger partial charge in [-0.05, 0) is 42.4 Å². The number of carbonyl (C=O) groups is 3. The lowest BCUT2D eigenvalue weighted by molar-refractivity contribution is -0.130. The summed E-state index contributed by atoms with van der Waals surface area (Å²) >= 11 is 0. The number of nitrogens with one attached hydrogen (secondary N) is 3. The van der Waals surface area contributed by atoms with E-state index in [4.69, 9.17) is 4.74 Å². The molecule has 0 aromatic heterocycles. The van der Waals surface area contributed by atoms with E-state index in [0.29, 0.717) is 31.8 Å². The number of phenols is 1. The molecule has 0 spiro atoms. The van der Waals surface area contributed by atoms with E-state index < -0.39 is 24.2 Å². The Morgan fingerprint density at radius 1 is 0.967 bits per heavy atom. The molecule has 1 heterocycles. The van der Waals surface area contributed by atoms with Crippen LogP contribution in [0.2, 0.25) is 0 Å². The van der Waals surface area contributed by atoms with E-state index in [-0.39, 0.29) is 23.5 Å². The highest BCUT2D eigenvalue weighted by Gasteiger charge is 2.50. The number of phenolic OH excluding ortho intramolecular Hbond substituents is 1. The number of hydrogen-bond donors (Lipinski definition) is 4. The molecule has 3 atom stereocenters. The quantitative estimate of drug-likeness (QED) is 0.401. The van der Waals surface area contributed by atoms with E-state index in [1.807, 2.05) is 27.7 Å². The lowest BCUT2D eigenvalue weighted by Gasteiger charge is -2.20. The second-order valence-corrected chi connectivity index (χ2v) is 8.51. The third-order valence-electron chi connectivity index (χ3n) is 4.68. The van der Waals surface area contributed by atoms with Gasteiger partial charge in [-0.3, -0.25) is 14.4 Å². The van der Waals surface area contributed by atoms with Gasteiger partial charge >= 0.3 is 0 Å². The van der Waals surface area contributed by atoms with E-state index in [2.05, 4.69) is 16.0 Å². The summed E-state index contributed by atoms with van der Waals surface area (Å²) in [6.45, 7) is 8.89. The molecule has 1 aliphatic rings. The van der Waals surface area contributed by atoms with Crippen molar-refractivity contribution in [2.45, 2.75) is 58.8 Å². The molecule has 8 nitrogen and oxygen atoms in total.